The van der Waals surface area contributed by atoms with E-state index in [4.69, 9.17) is 4.52 Å². The molecule has 0 spiro atoms. The van der Waals surface area contributed by atoms with Gasteiger partial charge < -0.3 is 14.7 Å². The van der Waals surface area contributed by atoms with E-state index in [0.717, 1.165) is 36.0 Å². The topological polar surface area (TPSA) is 110 Å². The van der Waals surface area contributed by atoms with Crippen LogP contribution >= 0.6 is 0 Å². The maximum absolute atomic E-state index is 13.2. The number of hydrogen-bond acceptors (Lipinski definition) is 8. The highest BCUT2D eigenvalue weighted by atomic mass is 16.5. The van der Waals surface area contributed by atoms with Gasteiger partial charge in [-0.1, -0.05) is 11.2 Å². The summed E-state index contributed by atoms with van der Waals surface area (Å²) in [6.45, 7) is 4.95. The van der Waals surface area contributed by atoms with Gasteiger partial charge in [0.25, 0.3) is 5.89 Å². The number of aryl methyl sites for hydroxylation is 2. The quantitative estimate of drug-likeness (QED) is 0.524. The molecule has 1 aliphatic heterocycles. The third-order valence-electron chi connectivity index (χ3n) is 5.64. The molecule has 1 fully saturated rings. The van der Waals surface area contributed by atoms with Crippen molar-refractivity contribution in [1.29, 1.82) is 0 Å². The third-order valence-corrected chi connectivity index (χ3v) is 5.64. The minimum atomic E-state index is -0.178. The van der Waals surface area contributed by atoms with Crippen molar-refractivity contribution in [3.8, 4) is 11.5 Å². The highest BCUT2D eigenvalue weighted by Crippen LogP contribution is 2.31. The Morgan fingerprint density at radius 3 is 2.88 bits per heavy atom. The molecule has 1 atom stereocenters. The average Bonchev–Trinajstić information content (AvgIpc) is 3.25. The minimum Gasteiger partial charge on any atom is -0.355 e. The lowest BCUT2D eigenvalue weighted by Crippen LogP contribution is -2.41. The molecule has 1 amide bonds. The van der Waals surface area contributed by atoms with E-state index in [0.29, 0.717) is 35.5 Å². The molecule has 0 aliphatic carbocycles. The lowest BCUT2D eigenvalue weighted by Gasteiger charge is -2.33. The van der Waals surface area contributed by atoms with Gasteiger partial charge in [0.2, 0.25) is 5.91 Å². The molecule has 1 aliphatic rings. The highest BCUT2D eigenvalue weighted by molar-refractivity contribution is 6.02. The number of fused-ring (bicyclic) bond motifs is 1. The van der Waals surface area contributed by atoms with Gasteiger partial charge in [0.1, 0.15) is 17.2 Å². The van der Waals surface area contributed by atoms with Gasteiger partial charge in [0.15, 0.2) is 5.82 Å². The molecule has 0 radical (unpaired) electrons. The summed E-state index contributed by atoms with van der Waals surface area (Å²) in [6, 6.07) is 9.59. The van der Waals surface area contributed by atoms with Crippen molar-refractivity contribution in [3.05, 3.63) is 54.4 Å². The van der Waals surface area contributed by atoms with Crippen LogP contribution in [0.25, 0.3) is 22.4 Å². The Bertz CT molecular complexity index is 1280. The molecule has 0 bridgehead atoms. The lowest BCUT2D eigenvalue weighted by molar-refractivity contribution is -0.120. The molecule has 32 heavy (non-hydrogen) atoms. The lowest BCUT2D eigenvalue weighted by atomic mass is 9.96. The predicted molar refractivity (Wildman–Crippen MR) is 120 cm³/mol. The summed E-state index contributed by atoms with van der Waals surface area (Å²) < 4.78 is 5.36. The van der Waals surface area contributed by atoms with Crippen LogP contribution in [0, 0.1) is 19.8 Å². The largest absolute Gasteiger partial charge is 0.355 e. The van der Waals surface area contributed by atoms with Crippen LogP contribution in [0.3, 0.4) is 0 Å². The summed E-state index contributed by atoms with van der Waals surface area (Å²) in [4.78, 5) is 33.0. The number of anilines is 2. The number of carbonyl (C=O) groups excluding carboxylic acids is 1. The van der Waals surface area contributed by atoms with Crippen LogP contribution in [0.2, 0.25) is 0 Å². The number of hydrogen-bond donors (Lipinski definition) is 1. The molecule has 4 heterocycles. The molecule has 9 nitrogen and oxygen atoms in total. The van der Waals surface area contributed by atoms with Crippen LogP contribution in [0.5, 0.6) is 0 Å². The highest BCUT2D eigenvalue weighted by Gasteiger charge is 2.29. The number of benzene rings is 1. The van der Waals surface area contributed by atoms with Gasteiger partial charge >= 0.3 is 0 Å². The predicted octanol–water partition coefficient (Wildman–Crippen LogP) is 3.55. The van der Waals surface area contributed by atoms with Crippen molar-refractivity contribution in [2.24, 2.45) is 5.92 Å². The number of nitrogens with zero attached hydrogens (tertiary/aromatic N) is 6. The van der Waals surface area contributed by atoms with E-state index in [-0.39, 0.29) is 11.8 Å². The van der Waals surface area contributed by atoms with Crippen molar-refractivity contribution in [2.75, 3.05) is 23.3 Å². The van der Waals surface area contributed by atoms with Gasteiger partial charge in [-0.15, -0.1) is 0 Å². The summed E-state index contributed by atoms with van der Waals surface area (Å²) in [5.74, 6) is 2.11. The van der Waals surface area contributed by atoms with Gasteiger partial charge in [-0.05, 0) is 51.0 Å². The first kappa shape index (κ1) is 20.0. The van der Waals surface area contributed by atoms with Gasteiger partial charge in [-0.3, -0.25) is 9.78 Å². The normalized spacial score (nSPS) is 16.3. The zero-order valence-electron chi connectivity index (χ0n) is 17.9. The van der Waals surface area contributed by atoms with Crippen LogP contribution in [-0.2, 0) is 4.79 Å². The fourth-order valence-corrected chi connectivity index (χ4v) is 4.09. The fraction of sp³-hybridized carbons (Fsp3) is 0.304. The van der Waals surface area contributed by atoms with Crippen LogP contribution in [0.1, 0.15) is 24.5 Å². The van der Waals surface area contributed by atoms with Crippen LogP contribution in [0.15, 0.2) is 47.2 Å². The minimum absolute atomic E-state index is 0.00739. The number of piperidine rings is 1. The Balaban J connectivity index is 1.39. The number of carbonyl (C=O) groups is 1. The summed E-state index contributed by atoms with van der Waals surface area (Å²) >= 11 is 0. The smallest absolute Gasteiger partial charge is 0.263 e. The van der Waals surface area contributed by atoms with Gasteiger partial charge in [0.05, 0.1) is 17.1 Å². The van der Waals surface area contributed by atoms with E-state index in [1.54, 1.807) is 19.3 Å². The summed E-state index contributed by atoms with van der Waals surface area (Å²) in [6.07, 6.45) is 5.14. The van der Waals surface area contributed by atoms with Gasteiger partial charge in [-0.2, -0.15) is 4.98 Å². The van der Waals surface area contributed by atoms with E-state index in [9.17, 15) is 4.79 Å². The first-order valence-corrected chi connectivity index (χ1v) is 10.6. The molecule has 1 saturated heterocycles. The summed E-state index contributed by atoms with van der Waals surface area (Å²) in [5, 5.41) is 7.92. The molecular weight excluding hydrogens is 406 g/mol. The van der Waals surface area contributed by atoms with Crippen molar-refractivity contribution < 1.29 is 9.32 Å². The van der Waals surface area contributed by atoms with E-state index in [2.05, 4.69) is 35.3 Å². The Kier molecular flexibility index (Phi) is 5.22. The molecule has 4 aromatic rings. The Labute approximate surface area is 184 Å². The molecule has 1 unspecified atom stereocenters. The summed E-state index contributed by atoms with van der Waals surface area (Å²) in [5.41, 5.74) is 2.31. The number of amides is 1. The van der Waals surface area contributed by atoms with Crippen molar-refractivity contribution in [1.82, 2.24) is 25.1 Å². The fourth-order valence-electron chi connectivity index (χ4n) is 4.09. The van der Waals surface area contributed by atoms with E-state index in [1.807, 2.05) is 37.3 Å². The second kappa shape index (κ2) is 8.33. The van der Waals surface area contributed by atoms with E-state index >= 15 is 0 Å². The van der Waals surface area contributed by atoms with Crippen molar-refractivity contribution in [3.63, 3.8) is 0 Å². The monoisotopic (exact) mass is 429 g/mol. The second-order valence-electron chi connectivity index (χ2n) is 7.95. The van der Waals surface area contributed by atoms with Crippen molar-refractivity contribution >= 4 is 28.3 Å². The van der Waals surface area contributed by atoms with Crippen LogP contribution in [-0.4, -0.2) is 44.1 Å². The maximum Gasteiger partial charge on any atom is 0.263 e. The Morgan fingerprint density at radius 2 is 2.03 bits per heavy atom. The van der Waals surface area contributed by atoms with E-state index < -0.39 is 0 Å². The number of nitrogens with one attached hydrogen (secondary N) is 1. The van der Waals surface area contributed by atoms with E-state index in [1.165, 1.54) is 0 Å². The molecule has 162 valence electrons. The maximum atomic E-state index is 13.2. The molecule has 1 N–H and O–H groups in total. The Hall–Kier alpha value is -3.88. The van der Waals surface area contributed by atoms with Crippen molar-refractivity contribution in [2.45, 2.75) is 26.7 Å². The average molecular weight is 429 g/mol. The van der Waals surface area contributed by atoms with Gasteiger partial charge in [-0.25, -0.2) is 9.97 Å². The Morgan fingerprint density at radius 1 is 1.12 bits per heavy atom. The zero-order chi connectivity index (χ0) is 22.1. The first-order valence-electron chi connectivity index (χ1n) is 10.6. The second-order valence-corrected chi connectivity index (χ2v) is 7.95. The molecular formula is C23H23N7O2. The number of pyridine rings is 1. The summed E-state index contributed by atoms with van der Waals surface area (Å²) in [7, 11) is 0. The molecule has 3 aromatic heterocycles. The number of aromatic nitrogens is 5. The molecule has 5 rings (SSSR count). The third kappa shape index (κ3) is 3.89. The first-order chi connectivity index (χ1) is 15.6. The van der Waals surface area contributed by atoms with Gasteiger partial charge in [0, 0.05) is 30.9 Å². The van der Waals surface area contributed by atoms with Crippen LogP contribution < -0.4 is 10.2 Å². The zero-order valence-corrected chi connectivity index (χ0v) is 17.9. The molecule has 0 saturated carbocycles. The SMILES string of the molecule is Cc1noc(-c2cnc(C)nc2N2CCCC(C(=O)Nc3cccc4ncccc34)C2)n1. The van der Waals surface area contributed by atoms with Crippen LogP contribution in [0.4, 0.5) is 11.5 Å². The number of rotatable bonds is 4. The molecule has 1 aromatic carbocycles. The molecule has 9 heteroatoms. The standard InChI is InChI=1S/C23H23N7O2/c1-14-25-12-18(23-27-15(2)29-32-23)21(26-14)30-11-5-6-16(13-30)22(31)28-20-9-3-8-19-17(20)7-4-10-24-19/h3-4,7-10,12,16H,5-6,11,13H2,1-2H3,(H,28,31).